The summed E-state index contributed by atoms with van der Waals surface area (Å²) in [6.07, 6.45) is 1.08. The van der Waals surface area contributed by atoms with Crippen LogP contribution in [-0.4, -0.2) is 62.7 Å². The highest BCUT2D eigenvalue weighted by atomic mass is 16.6. The average Bonchev–Trinajstić information content (AvgIpc) is 2.95. The van der Waals surface area contributed by atoms with Crippen LogP contribution in [0.15, 0.2) is 29.4 Å². The largest absolute Gasteiger partial charge is 0.442 e. The Balaban J connectivity index is 1.64. The highest BCUT2D eigenvalue weighted by Gasteiger charge is 2.32. The Bertz CT molecular complexity index is 646. The van der Waals surface area contributed by atoms with E-state index in [2.05, 4.69) is 15.3 Å². The summed E-state index contributed by atoms with van der Waals surface area (Å²) in [6.45, 7) is 3.92. The summed E-state index contributed by atoms with van der Waals surface area (Å²) in [7, 11) is 1.94. The van der Waals surface area contributed by atoms with Gasteiger partial charge in [0.05, 0.1) is 19.6 Å². The summed E-state index contributed by atoms with van der Waals surface area (Å²) in [4.78, 5) is 26.6. The van der Waals surface area contributed by atoms with E-state index in [9.17, 15) is 9.59 Å². The number of hydrogen-bond acceptors (Lipinski definition) is 6. The number of nitrogens with zero attached hydrogens (tertiary/aromatic N) is 4. The summed E-state index contributed by atoms with van der Waals surface area (Å²) in [5, 5.41) is 8.82. The Kier molecular flexibility index (Phi) is 4.54. The van der Waals surface area contributed by atoms with Gasteiger partial charge in [0.15, 0.2) is 0 Å². The molecule has 1 fully saturated rings. The van der Waals surface area contributed by atoms with Gasteiger partial charge in [-0.2, -0.15) is 5.10 Å². The first-order chi connectivity index (χ1) is 11.5. The number of ether oxygens (including phenoxy) is 1. The number of amides is 2. The van der Waals surface area contributed by atoms with Gasteiger partial charge in [0.25, 0.3) is 0 Å². The Hall–Kier alpha value is -2.77. The van der Waals surface area contributed by atoms with Gasteiger partial charge in [0, 0.05) is 31.9 Å². The third-order valence-corrected chi connectivity index (χ3v) is 4.00. The van der Waals surface area contributed by atoms with E-state index in [0.717, 1.165) is 24.5 Å². The summed E-state index contributed by atoms with van der Waals surface area (Å²) in [5.74, 6) is -0.136. The minimum absolute atomic E-state index is 0.136. The van der Waals surface area contributed by atoms with Crippen molar-refractivity contribution in [3.8, 4) is 0 Å². The lowest BCUT2D eigenvalue weighted by atomic mass is 10.2. The zero-order valence-corrected chi connectivity index (χ0v) is 13.8. The van der Waals surface area contributed by atoms with Crippen LogP contribution < -0.4 is 15.1 Å². The van der Waals surface area contributed by atoms with Gasteiger partial charge in [-0.3, -0.25) is 14.7 Å². The van der Waals surface area contributed by atoms with E-state index in [0.29, 0.717) is 13.1 Å². The molecule has 2 amide bonds. The van der Waals surface area contributed by atoms with E-state index in [1.54, 1.807) is 11.2 Å². The first-order valence-electron chi connectivity index (χ1n) is 7.87. The molecule has 1 N–H and O–H groups in total. The van der Waals surface area contributed by atoms with E-state index in [-0.39, 0.29) is 18.1 Å². The Morgan fingerprint density at radius 1 is 1.29 bits per heavy atom. The fourth-order valence-corrected chi connectivity index (χ4v) is 2.63. The number of carbonyl (C=O) groups excluding carboxylic acids is 2. The van der Waals surface area contributed by atoms with Crippen LogP contribution in [0.4, 0.5) is 16.2 Å². The second-order valence-corrected chi connectivity index (χ2v) is 5.88. The highest BCUT2D eigenvalue weighted by molar-refractivity contribution is 5.90. The monoisotopic (exact) mass is 331 g/mol. The molecule has 0 bridgehead atoms. The fraction of sp³-hybridized carbons (Fsp3) is 0.438. The molecule has 0 saturated carbocycles. The van der Waals surface area contributed by atoms with E-state index in [4.69, 9.17) is 4.74 Å². The van der Waals surface area contributed by atoms with Crippen molar-refractivity contribution in [2.24, 2.45) is 5.10 Å². The van der Waals surface area contributed by atoms with Crippen LogP contribution in [0.25, 0.3) is 0 Å². The van der Waals surface area contributed by atoms with E-state index in [1.807, 2.05) is 36.3 Å². The molecule has 8 nitrogen and oxygen atoms in total. The molecule has 24 heavy (non-hydrogen) atoms. The minimum Gasteiger partial charge on any atom is -0.442 e. The smallest absolute Gasteiger partial charge is 0.414 e. The van der Waals surface area contributed by atoms with Gasteiger partial charge in [0.1, 0.15) is 12.4 Å². The van der Waals surface area contributed by atoms with Gasteiger partial charge in [0.2, 0.25) is 5.91 Å². The molecule has 3 rings (SSSR count). The van der Waals surface area contributed by atoms with Gasteiger partial charge >= 0.3 is 6.09 Å². The summed E-state index contributed by atoms with van der Waals surface area (Å²) in [6, 6.07) is 7.70. The maximum atomic E-state index is 12.0. The van der Waals surface area contributed by atoms with Crippen LogP contribution in [0.2, 0.25) is 0 Å². The third kappa shape index (κ3) is 3.58. The maximum Gasteiger partial charge on any atom is 0.414 e. The molecule has 1 saturated heterocycles. The highest BCUT2D eigenvalue weighted by Crippen LogP contribution is 2.25. The molecule has 0 spiro atoms. The number of rotatable bonds is 4. The number of cyclic esters (lactones) is 1. The Morgan fingerprint density at radius 3 is 2.62 bits per heavy atom. The predicted octanol–water partition coefficient (Wildman–Crippen LogP) is 0.843. The van der Waals surface area contributed by atoms with E-state index in [1.165, 1.54) is 6.92 Å². The standard InChI is InChI=1S/C16H21N5O3/c1-12(22)17-9-15-10-21(16(23)24-15)14-5-3-13(4-6-14)20-8-7-19(2)18-11-20/h3-6,11,15H,7-10H2,1-2H3,(H,17,22)/t15-/m0/s1. The summed E-state index contributed by atoms with van der Waals surface area (Å²) < 4.78 is 5.27. The van der Waals surface area contributed by atoms with Crippen molar-refractivity contribution >= 4 is 29.7 Å². The average molecular weight is 331 g/mol. The van der Waals surface area contributed by atoms with Gasteiger partial charge in [-0.05, 0) is 24.3 Å². The molecular weight excluding hydrogens is 310 g/mol. The zero-order valence-electron chi connectivity index (χ0n) is 13.8. The van der Waals surface area contributed by atoms with Gasteiger partial charge in [-0.25, -0.2) is 4.79 Å². The van der Waals surface area contributed by atoms with E-state index >= 15 is 0 Å². The summed E-state index contributed by atoms with van der Waals surface area (Å²) in [5.41, 5.74) is 1.80. The molecule has 1 aromatic rings. The first-order valence-corrected chi connectivity index (χ1v) is 7.87. The van der Waals surface area contributed by atoms with Crippen molar-refractivity contribution in [1.82, 2.24) is 10.3 Å². The molecule has 2 heterocycles. The SMILES string of the molecule is CC(=O)NC[C@H]1CN(c2ccc(N3C=NN(C)CC3)cc2)C(=O)O1. The number of hydrazone groups is 1. The van der Waals surface area contributed by atoms with Crippen molar-refractivity contribution in [1.29, 1.82) is 0 Å². The molecule has 2 aliphatic heterocycles. The molecular formula is C16H21N5O3. The quantitative estimate of drug-likeness (QED) is 0.885. The van der Waals surface area contributed by atoms with Crippen LogP contribution in [0.5, 0.6) is 0 Å². The zero-order chi connectivity index (χ0) is 17.1. The number of nitrogens with one attached hydrogen (secondary N) is 1. The topological polar surface area (TPSA) is 77.5 Å². The van der Waals surface area contributed by atoms with Crippen molar-refractivity contribution in [2.75, 3.05) is 43.0 Å². The molecule has 2 aliphatic rings. The second-order valence-electron chi connectivity index (χ2n) is 5.88. The predicted molar refractivity (Wildman–Crippen MR) is 91.2 cm³/mol. The lowest BCUT2D eigenvalue weighted by molar-refractivity contribution is -0.119. The fourth-order valence-electron chi connectivity index (χ4n) is 2.63. The van der Waals surface area contributed by atoms with Crippen molar-refractivity contribution < 1.29 is 14.3 Å². The molecule has 0 aromatic heterocycles. The van der Waals surface area contributed by atoms with Gasteiger partial charge in [-0.1, -0.05) is 0 Å². The molecule has 8 heteroatoms. The molecule has 0 aliphatic carbocycles. The van der Waals surface area contributed by atoms with Gasteiger partial charge in [-0.15, -0.1) is 0 Å². The van der Waals surface area contributed by atoms with Crippen LogP contribution in [0.3, 0.4) is 0 Å². The van der Waals surface area contributed by atoms with Crippen LogP contribution in [0, 0.1) is 0 Å². The summed E-state index contributed by atoms with van der Waals surface area (Å²) >= 11 is 0. The maximum absolute atomic E-state index is 12.0. The first kappa shape index (κ1) is 16.1. The second kappa shape index (κ2) is 6.77. The van der Waals surface area contributed by atoms with Crippen molar-refractivity contribution in [3.63, 3.8) is 0 Å². The molecule has 1 aromatic carbocycles. The lowest BCUT2D eigenvalue weighted by Gasteiger charge is -2.27. The van der Waals surface area contributed by atoms with Crippen molar-refractivity contribution in [3.05, 3.63) is 24.3 Å². The number of carbonyl (C=O) groups is 2. The molecule has 1 atom stereocenters. The number of benzene rings is 1. The number of anilines is 2. The van der Waals surface area contributed by atoms with Crippen LogP contribution >= 0.6 is 0 Å². The van der Waals surface area contributed by atoms with Gasteiger partial charge < -0.3 is 15.0 Å². The molecule has 128 valence electrons. The lowest BCUT2D eigenvalue weighted by Crippen LogP contribution is -2.36. The Labute approximate surface area is 140 Å². The minimum atomic E-state index is -0.390. The van der Waals surface area contributed by atoms with Crippen LogP contribution in [0.1, 0.15) is 6.92 Å². The normalized spacial score (nSPS) is 20.3. The van der Waals surface area contributed by atoms with Crippen LogP contribution in [-0.2, 0) is 9.53 Å². The number of hydrogen-bond donors (Lipinski definition) is 1. The van der Waals surface area contributed by atoms with Crippen molar-refractivity contribution in [2.45, 2.75) is 13.0 Å². The Morgan fingerprint density at radius 2 is 2.00 bits per heavy atom. The van der Waals surface area contributed by atoms with E-state index < -0.39 is 0 Å². The molecule has 0 unspecified atom stereocenters. The molecule has 0 radical (unpaired) electrons. The number of likely N-dealkylation sites (N-methyl/N-ethyl adjacent to an activating group) is 1. The third-order valence-electron chi connectivity index (χ3n) is 4.00.